The summed E-state index contributed by atoms with van der Waals surface area (Å²) >= 11 is 5.83. The number of aromatic nitrogens is 3. The van der Waals surface area contributed by atoms with Crippen LogP contribution in [0.1, 0.15) is 5.56 Å². The van der Waals surface area contributed by atoms with E-state index >= 15 is 0 Å². The lowest BCUT2D eigenvalue weighted by atomic mass is 10.0. The normalized spacial score (nSPS) is 12.3. The Balaban J connectivity index is 1.68. The van der Waals surface area contributed by atoms with Crippen molar-refractivity contribution in [3.8, 4) is 11.1 Å². The lowest BCUT2D eigenvalue weighted by Crippen LogP contribution is -2.28. The molecule has 0 bridgehead atoms. The van der Waals surface area contributed by atoms with E-state index in [1.54, 1.807) is 23.1 Å². The van der Waals surface area contributed by atoms with E-state index in [9.17, 15) is 4.39 Å². The number of halogens is 2. The van der Waals surface area contributed by atoms with Crippen LogP contribution in [0.25, 0.3) is 11.1 Å². The van der Waals surface area contributed by atoms with Gasteiger partial charge in [-0.25, -0.2) is 9.37 Å². The average molecular weight is 331 g/mol. The van der Waals surface area contributed by atoms with Crippen molar-refractivity contribution >= 4 is 11.6 Å². The summed E-state index contributed by atoms with van der Waals surface area (Å²) < 4.78 is 14.9. The first-order chi connectivity index (χ1) is 11.1. The Labute approximate surface area is 138 Å². The van der Waals surface area contributed by atoms with Gasteiger partial charge in [0.1, 0.15) is 18.5 Å². The third kappa shape index (κ3) is 3.94. The molecule has 1 atom stereocenters. The molecule has 23 heavy (non-hydrogen) atoms. The first kappa shape index (κ1) is 15.6. The SMILES string of the molecule is N[C@H](Cc1ccc(-c2ccc(F)c(Cl)c2)cc1)Cn1cncn1. The molecule has 6 heteroatoms. The molecule has 0 radical (unpaired) electrons. The van der Waals surface area contributed by atoms with E-state index in [-0.39, 0.29) is 11.1 Å². The highest BCUT2D eigenvalue weighted by Crippen LogP contribution is 2.25. The van der Waals surface area contributed by atoms with Crippen molar-refractivity contribution in [1.29, 1.82) is 0 Å². The van der Waals surface area contributed by atoms with Gasteiger partial charge in [0.25, 0.3) is 0 Å². The molecule has 118 valence electrons. The van der Waals surface area contributed by atoms with Crippen molar-refractivity contribution in [2.24, 2.45) is 5.73 Å². The molecule has 4 nitrogen and oxygen atoms in total. The molecule has 0 aliphatic carbocycles. The maximum absolute atomic E-state index is 13.2. The van der Waals surface area contributed by atoms with Gasteiger partial charge in [0.15, 0.2) is 0 Å². The summed E-state index contributed by atoms with van der Waals surface area (Å²) in [4.78, 5) is 3.90. The van der Waals surface area contributed by atoms with Crippen molar-refractivity contribution in [3.63, 3.8) is 0 Å². The predicted molar refractivity (Wildman–Crippen MR) is 88.5 cm³/mol. The molecule has 3 rings (SSSR count). The summed E-state index contributed by atoms with van der Waals surface area (Å²) in [6.07, 6.45) is 3.89. The van der Waals surface area contributed by atoms with Crippen LogP contribution in [-0.4, -0.2) is 20.8 Å². The van der Waals surface area contributed by atoms with Crippen molar-refractivity contribution in [2.45, 2.75) is 19.0 Å². The van der Waals surface area contributed by atoms with E-state index in [1.807, 2.05) is 24.3 Å². The number of nitrogens with two attached hydrogens (primary N) is 1. The summed E-state index contributed by atoms with van der Waals surface area (Å²) in [6.45, 7) is 0.620. The van der Waals surface area contributed by atoms with E-state index < -0.39 is 5.82 Å². The van der Waals surface area contributed by atoms with Crippen LogP contribution in [0.15, 0.2) is 55.1 Å². The summed E-state index contributed by atoms with van der Waals surface area (Å²) in [5.74, 6) is -0.411. The van der Waals surface area contributed by atoms with Crippen LogP contribution in [0.5, 0.6) is 0 Å². The molecule has 2 N–H and O–H groups in total. The van der Waals surface area contributed by atoms with Gasteiger partial charge < -0.3 is 5.73 Å². The summed E-state index contributed by atoms with van der Waals surface area (Å²) in [5.41, 5.74) is 9.14. The second kappa shape index (κ2) is 6.89. The van der Waals surface area contributed by atoms with Gasteiger partial charge in [-0.3, -0.25) is 4.68 Å². The van der Waals surface area contributed by atoms with Crippen molar-refractivity contribution < 1.29 is 4.39 Å². The maximum atomic E-state index is 13.2. The van der Waals surface area contributed by atoms with Gasteiger partial charge in [-0.2, -0.15) is 5.10 Å². The Hall–Kier alpha value is -2.24. The van der Waals surface area contributed by atoms with Crippen LogP contribution in [0.4, 0.5) is 4.39 Å². The van der Waals surface area contributed by atoms with E-state index in [2.05, 4.69) is 10.1 Å². The van der Waals surface area contributed by atoms with Gasteiger partial charge in [0.2, 0.25) is 0 Å². The Morgan fingerprint density at radius 2 is 1.87 bits per heavy atom. The minimum absolute atomic E-state index is 0.0391. The minimum atomic E-state index is -0.411. The molecule has 0 fully saturated rings. The van der Waals surface area contributed by atoms with E-state index in [0.717, 1.165) is 23.1 Å². The molecule has 3 aromatic rings. The summed E-state index contributed by atoms with van der Waals surface area (Å²) in [7, 11) is 0. The molecule has 0 saturated carbocycles. The van der Waals surface area contributed by atoms with Crippen LogP contribution < -0.4 is 5.73 Å². The zero-order valence-corrected chi connectivity index (χ0v) is 13.1. The monoisotopic (exact) mass is 330 g/mol. The van der Waals surface area contributed by atoms with Crippen LogP contribution in [-0.2, 0) is 13.0 Å². The van der Waals surface area contributed by atoms with Crippen LogP contribution in [0.2, 0.25) is 5.02 Å². The maximum Gasteiger partial charge on any atom is 0.141 e. The van der Waals surface area contributed by atoms with Crippen LogP contribution in [0, 0.1) is 5.82 Å². The molecule has 0 amide bonds. The quantitative estimate of drug-likeness (QED) is 0.781. The largest absolute Gasteiger partial charge is 0.326 e. The highest BCUT2D eigenvalue weighted by atomic mass is 35.5. The fourth-order valence-electron chi connectivity index (χ4n) is 2.44. The molecule has 1 aromatic heterocycles. The Bertz CT molecular complexity index is 772. The number of rotatable bonds is 5. The number of hydrogen-bond donors (Lipinski definition) is 1. The Kier molecular flexibility index (Phi) is 4.69. The zero-order valence-electron chi connectivity index (χ0n) is 12.4. The molecule has 0 spiro atoms. The molecule has 2 aromatic carbocycles. The molecule has 1 heterocycles. The second-order valence-corrected chi connectivity index (χ2v) is 5.81. The topological polar surface area (TPSA) is 56.7 Å². The van der Waals surface area contributed by atoms with Crippen molar-refractivity contribution in [1.82, 2.24) is 14.8 Å². The highest BCUT2D eigenvalue weighted by molar-refractivity contribution is 6.31. The second-order valence-electron chi connectivity index (χ2n) is 5.41. The van der Waals surface area contributed by atoms with Crippen LogP contribution >= 0.6 is 11.6 Å². The Morgan fingerprint density at radius 3 is 2.52 bits per heavy atom. The van der Waals surface area contributed by atoms with Crippen LogP contribution in [0.3, 0.4) is 0 Å². The van der Waals surface area contributed by atoms with Gasteiger partial charge >= 0.3 is 0 Å². The lowest BCUT2D eigenvalue weighted by Gasteiger charge is -2.12. The van der Waals surface area contributed by atoms with Gasteiger partial charge in [0, 0.05) is 6.04 Å². The fraction of sp³-hybridized carbons (Fsp3) is 0.176. The van der Waals surface area contributed by atoms with Crippen molar-refractivity contribution in [3.05, 3.63) is 71.5 Å². The first-order valence-electron chi connectivity index (χ1n) is 7.24. The van der Waals surface area contributed by atoms with Crippen molar-refractivity contribution in [2.75, 3.05) is 0 Å². The van der Waals surface area contributed by atoms with E-state index in [0.29, 0.717) is 6.54 Å². The third-order valence-corrected chi connectivity index (χ3v) is 3.88. The molecular formula is C17H16ClFN4. The molecule has 0 saturated heterocycles. The smallest absolute Gasteiger partial charge is 0.141 e. The lowest BCUT2D eigenvalue weighted by molar-refractivity contribution is 0.507. The van der Waals surface area contributed by atoms with Gasteiger partial charge in [-0.05, 0) is 35.2 Å². The molecule has 0 unspecified atom stereocenters. The zero-order chi connectivity index (χ0) is 16.2. The first-order valence-corrected chi connectivity index (χ1v) is 7.62. The van der Waals surface area contributed by atoms with Gasteiger partial charge in [-0.1, -0.05) is 41.9 Å². The average Bonchev–Trinajstić information content (AvgIpc) is 3.03. The van der Waals surface area contributed by atoms with Gasteiger partial charge in [-0.15, -0.1) is 0 Å². The fourth-order valence-corrected chi connectivity index (χ4v) is 2.62. The summed E-state index contributed by atoms with van der Waals surface area (Å²) in [5, 5.41) is 4.18. The minimum Gasteiger partial charge on any atom is -0.326 e. The highest BCUT2D eigenvalue weighted by Gasteiger charge is 2.07. The molecule has 0 aliphatic heterocycles. The standard InChI is InChI=1S/C17H16ClFN4/c18-16-8-14(5-6-17(16)19)13-3-1-12(2-4-13)7-15(20)9-23-11-21-10-22-23/h1-6,8,10-11,15H,7,9,20H2/t15-/m1/s1. The van der Waals surface area contributed by atoms with Gasteiger partial charge in [0.05, 0.1) is 11.6 Å². The number of hydrogen-bond acceptors (Lipinski definition) is 3. The number of benzene rings is 2. The number of nitrogens with zero attached hydrogens (tertiary/aromatic N) is 3. The molecule has 0 aliphatic rings. The van der Waals surface area contributed by atoms with E-state index in [1.165, 1.54) is 12.4 Å². The molecular weight excluding hydrogens is 315 g/mol. The third-order valence-electron chi connectivity index (χ3n) is 3.59. The Morgan fingerprint density at radius 1 is 1.13 bits per heavy atom. The summed E-state index contributed by atoms with van der Waals surface area (Å²) in [6, 6.07) is 12.7. The van der Waals surface area contributed by atoms with E-state index in [4.69, 9.17) is 17.3 Å². The predicted octanol–water partition coefficient (Wildman–Crippen LogP) is 3.31.